The van der Waals surface area contributed by atoms with Crippen molar-refractivity contribution in [3.05, 3.63) is 64.9 Å². The van der Waals surface area contributed by atoms with Gasteiger partial charge in [0.1, 0.15) is 10.4 Å². The van der Waals surface area contributed by atoms with Gasteiger partial charge in [-0.2, -0.15) is 0 Å². The highest BCUT2D eigenvalue weighted by Gasteiger charge is 2.18. The number of pyridine rings is 1. The summed E-state index contributed by atoms with van der Waals surface area (Å²) in [6, 6.07) is 15.6. The fourth-order valence-electron chi connectivity index (χ4n) is 3.24. The Balaban J connectivity index is 2.01. The lowest BCUT2D eigenvalue weighted by molar-refractivity contribution is 0.477. The van der Waals surface area contributed by atoms with Crippen LogP contribution >= 0.6 is 12.2 Å². The second kappa shape index (κ2) is 6.42. The molecule has 0 aliphatic carbocycles. The predicted molar refractivity (Wildman–Crippen MR) is 108 cm³/mol. The van der Waals surface area contributed by atoms with Gasteiger partial charge < -0.3 is 5.11 Å². The number of aromatic nitrogens is 3. The lowest BCUT2D eigenvalue weighted by Crippen LogP contribution is -1.91. The van der Waals surface area contributed by atoms with Gasteiger partial charge in [-0.15, -0.1) is 0 Å². The zero-order chi connectivity index (χ0) is 18.3. The number of phenols is 1. The molecule has 2 aromatic heterocycles. The standard InChI is InChI=1S/C21H19N3OS/c1-12(2)13-7-8-18(25)16(11-13)20-19(21(26)24-23-20)15-9-10-22-17-6-4-3-5-14(15)17/h3-12,25H,1-2H3,(H2,23,24,26). The van der Waals surface area contributed by atoms with Crippen LogP contribution in [0.4, 0.5) is 0 Å². The molecule has 130 valence electrons. The van der Waals surface area contributed by atoms with Gasteiger partial charge in [0.05, 0.1) is 11.2 Å². The Morgan fingerprint density at radius 2 is 1.81 bits per heavy atom. The lowest BCUT2D eigenvalue weighted by atomic mass is 9.95. The summed E-state index contributed by atoms with van der Waals surface area (Å²) in [4.78, 5) is 4.43. The molecule has 26 heavy (non-hydrogen) atoms. The molecular weight excluding hydrogens is 342 g/mol. The average Bonchev–Trinajstić information content (AvgIpc) is 3.02. The van der Waals surface area contributed by atoms with Crippen molar-refractivity contribution in [1.82, 2.24) is 15.2 Å². The third-order valence-corrected chi connectivity index (χ3v) is 4.96. The number of rotatable bonds is 3. The minimum absolute atomic E-state index is 0.222. The lowest BCUT2D eigenvalue weighted by Gasteiger charge is -2.12. The smallest absolute Gasteiger partial charge is 0.127 e. The summed E-state index contributed by atoms with van der Waals surface area (Å²) < 4.78 is 0.603. The van der Waals surface area contributed by atoms with E-state index in [9.17, 15) is 5.11 Å². The van der Waals surface area contributed by atoms with Crippen LogP contribution in [0.25, 0.3) is 33.3 Å². The maximum atomic E-state index is 10.5. The van der Waals surface area contributed by atoms with Crippen LogP contribution in [0.15, 0.2) is 54.7 Å². The van der Waals surface area contributed by atoms with Gasteiger partial charge in [0, 0.05) is 22.7 Å². The van der Waals surface area contributed by atoms with E-state index in [1.807, 2.05) is 42.5 Å². The van der Waals surface area contributed by atoms with E-state index in [1.54, 1.807) is 12.3 Å². The molecule has 0 radical (unpaired) electrons. The van der Waals surface area contributed by atoms with Crippen molar-refractivity contribution in [1.29, 1.82) is 0 Å². The van der Waals surface area contributed by atoms with Gasteiger partial charge in [-0.1, -0.05) is 50.3 Å². The van der Waals surface area contributed by atoms with E-state index in [-0.39, 0.29) is 5.75 Å². The van der Waals surface area contributed by atoms with Crippen LogP contribution in [0.2, 0.25) is 0 Å². The monoisotopic (exact) mass is 361 g/mol. The first-order valence-electron chi connectivity index (χ1n) is 8.54. The highest BCUT2D eigenvalue weighted by atomic mass is 32.1. The van der Waals surface area contributed by atoms with Crippen molar-refractivity contribution in [3.63, 3.8) is 0 Å². The fourth-order valence-corrected chi connectivity index (χ4v) is 3.51. The Bertz CT molecular complexity index is 1150. The van der Waals surface area contributed by atoms with E-state index >= 15 is 0 Å². The molecule has 0 aliphatic rings. The van der Waals surface area contributed by atoms with Crippen molar-refractivity contribution in [2.75, 3.05) is 0 Å². The summed E-state index contributed by atoms with van der Waals surface area (Å²) in [5.41, 5.74) is 5.44. The maximum absolute atomic E-state index is 10.5. The van der Waals surface area contributed by atoms with Crippen molar-refractivity contribution in [2.45, 2.75) is 19.8 Å². The van der Waals surface area contributed by atoms with E-state index in [0.29, 0.717) is 10.6 Å². The summed E-state index contributed by atoms with van der Waals surface area (Å²) in [5, 5.41) is 17.7. The van der Waals surface area contributed by atoms with Crippen LogP contribution in [0.1, 0.15) is 25.3 Å². The topological polar surface area (TPSA) is 64.7 Å². The van der Waals surface area contributed by atoms with Gasteiger partial charge in [-0.3, -0.25) is 15.2 Å². The number of aromatic hydroxyl groups is 1. The summed E-state index contributed by atoms with van der Waals surface area (Å²) in [6.45, 7) is 4.26. The van der Waals surface area contributed by atoms with Gasteiger partial charge in [-0.25, -0.2) is 0 Å². The minimum Gasteiger partial charge on any atom is -0.507 e. The largest absolute Gasteiger partial charge is 0.507 e. The summed E-state index contributed by atoms with van der Waals surface area (Å²) >= 11 is 5.56. The quantitative estimate of drug-likeness (QED) is 0.405. The number of H-pyrrole nitrogens is 2. The average molecular weight is 361 g/mol. The molecule has 4 aromatic rings. The molecule has 4 nitrogen and oxygen atoms in total. The number of aromatic amines is 2. The SMILES string of the molecule is CC(C)c1ccc(O)c(-c2[nH][nH]c(=S)c2-c2ccnc3ccccc23)c1. The first-order valence-corrected chi connectivity index (χ1v) is 8.95. The zero-order valence-electron chi connectivity index (χ0n) is 14.6. The number of benzene rings is 2. The van der Waals surface area contributed by atoms with E-state index in [1.165, 1.54) is 0 Å². The minimum atomic E-state index is 0.222. The van der Waals surface area contributed by atoms with Crippen LogP contribution in [0.3, 0.4) is 0 Å². The van der Waals surface area contributed by atoms with Crippen molar-refractivity contribution < 1.29 is 5.11 Å². The normalized spacial score (nSPS) is 11.3. The fraction of sp³-hybridized carbons (Fsp3) is 0.143. The van der Waals surface area contributed by atoms with Gasteiger partial charge in [0.15, 0.2) is 0 Å². The van der Waals surface area contributed by atoms with Crippen LogP contribution in [0.5, 0.6) is 5.75 Å². The van der Waals surface area contributed by atoms with E-state index in [0.717, 1.165) is 38.9 Å². The number of fused-ring (bicyclic) bond motifs is 1. The van der Waals surface area contributed by atoms with Crippen LogP contribution < -0.4 is 0 Å². The third kappa shape index (κ3) is 2.70. The number of phenolic OH excluding ortho intramolecular Hbond substituents is 1. The number of hydrogen-bond acceptors (Lipinski definition) is 3. The molecule has 0 saturated carbocycles. The van der Waals surface area contributed by atoms with Gasteiger partial charge in [-0.05, 0) is 41.3 Å². The molecule has 0 fully saturated rings. The van der Waals surface area contributed by atoms with Gasteiger partial charge >= 0.3 is 0 Å². The van der Waals surface area contributed by atoms with Gasteiger partial charge in [0.2, 0.25) is 0 Å². The Kier molecular flexibility index (Phi) is 4.09. The third-order valence-electron chi connectivity index (χ3n) is 4.65. The number of hydrogen-bond donors (Lipinski definition) is 3. The van der Waals surface area contributed by atoms with Gasteiger partial charge in [0.25, 0.3) is 0 Å². The Hall–Kier alpha value is -2.92. The Labute approximate surface area is 156 Å². The highest BCUT2D eigenvalue weighted by Crippen LogP contribution is 2.39. The summed E-state index contributed by atoms with van der Waals surface area (Å²) in [6.07, 6.45) is 1.79. The Morgan fingerprint density at radius 1 is 1.00 bits per heavy atom. The molecule has 4 rings (SSSR count). The van der Waals surface area contributed by atoms with E-state index in [4.69, 9.17) is 12.2 Å². The maximum Gasteiger partial charge on any atom is 0.127 e. The van der Waals surface area contributed by atoms with Crippen molar-refractivity contribution in [3.8, 4) is 28.1 Å². The molecule has 2 heterocycles. The van der Waals surface area contributed by atoms with E-state index < -0.39 is 0 Å². The van der Waals surface area contributed by atoms with Crippen LogP contribution in [-0.4, -0.2) is 20.3 Å². The second-order valence-electron chi connectivity index (χ2n) is 6.64. The molecule has 0 aliphatic heterocycles. The van der Waals surface area contributed by atoms with Crippen molar-refractivity contribution >= 4 is 23.1 Å². The molecule has 0 bridgehead atoms. The first kappa shape index (κ1) is 16.5. The molecule has 2 aromatic carbocycles. The van der Waals surface area contributed by atoms with Crippen molar-refractivity contribution in [2.24, 2.45) is 0 Å². The molecule has 0 unspecified atom stereocenters. The molecule has 0 amide bonds. The highest BCUT2D eigenvalue weighted by molar-refractivity contribution is 7.71. The molecule has 3 N–H and O–H groups in total. The first-order chi connectivity index (χ1) is 12.6. The summed E-state index contributed by atoms with van der Waals surface area (Å²) in [7, 11) is 0. The molecule has 0 saturated heterocycles. The van der Waals surface area contributed by atoms with E-state index in [2.05, 4.69) is 29.0 Å². The molecular formula is C21H19N3OS. The molecule has 0 spiro atoms. The molecule has 0 atom stereocenters. The number of nitrogens with one attached hydrogen (secondary N) is 2. The second-order valence-corrected chi connectivity index (χ2v) is 7.04. The number of para-hydroxylation sites is 1. The van der Waals surface area contributed by atoms with Crippen LogP contribution in [-0.2, 0) is 0 Å². The predicted octanol–water partition coefficient (Wildman–Crippen LogP) is 5.78. The number of nitrogens with zero attached hydrogens (tertiary/aromatic N) is 1. The van der Waals surface area contributed by atoms with Crippen LogP contribution in [0, 0.1) is 4.64 Å². The Morgan fingerprint density at radius 3 is 2.62 bits per heavy atom. The zero-order valence-corrected chi connectivity index (χ0v) is 15.4. The molecule has 5 heteroatoms. The summed E-state index contributed by atoms with van der Waals surface area (Å²) in [5.74, 6) is 0.584.